The Morgan fingerprint density at radius 1 is 0.577 bits per heavy atom. The average molecular weight is 698 g/mol. The van der Waals surface area contributed by atoms with E-state index in [4.69, 9.17) is 0 Å². The van der Waals surface area contributed by atoms with E-state index in [0.29, 0.717) is 39.2 Å². The summed E-state index contributed by atoms with van der Waals surface area (Å²) in [5, 5.41) is 9.50. The second kappa shape index (κ2) is 13.6. The Labute approximate surface area is 294 Å². The van der Waals surface area contributed by atoms with E-state index >= 15 is 0 Å². The summed E-state index contributed by atoms with van der Waals surface area (Å²) in [7, 11) is 0. The van der Waals surface area contributed by atoms with Crippen LogP contribution in [0.25, 0.3) is 33.5 Å². The van der Waals surface area contributed by atoms with E-state index in [1.807, 2.05) is 0 Å². The summed E-state index contributed by atoms with van der Waals surface area (Å²) in [4.78, 5) is 61.9. The molecular weight excluding hydrogens is 668 g/mol. The fraction of sp³-hybridized carbons (Fsp3) is 0.100. The molecule has 0 radical (unpaired) electrons. The number of rotatable bonds is 5. The van der Waals surface area contributed by atoms with E-state index in [9.17, 15) is 33.1 Å². The van der Waals surface area contributed by atoms with Crippen molar-refractivity contribution < 1.29 is 23.5 Å². The molecule has 0 spiro atoms. The first kappa shape index (κ1) is 33.8. The lowest BCUT2D eigenvalue weighted by molar-refractivity contribution is 0.0640. The zero-order chi connectivity index (χ0) is 36.7. The summed E-state index contributed by atoms with van der Waals surface area (Å²) in [5.74, 6) is -1.84. The normalized spacial score (nSPS) is 12.3. The Kier molecular flexibility index (Phi) is 8.83. The summed E-state index contributed by atoms with van der Waals surface area (Å²) < 4.78 is 30.3. The van der Waals surface area contributed by atoms with Crippen LogP contribution in [0.5, 0.6) is 0 Å². The predicted molar refractivity (Wildman–Crippen MR) is 190 cm³/mol. The predicted octanol–water partition coefficient (Wildman–Crippen LogP) is 5.91. The van der Waals surface area contributed by atoms with Gasteiger partial charge in [-0.15, -0.1) is 0 Å². The molecule has 2 amide bonds. The molecule has 5 heterocycles. The SMILES string of the molecule is Cc1cccc2nc(CN3C(=O)c4ccccc4C3=O)c(-c3cccc(F)c3)c(=O)n12.Cc1cccc2nc(CO)c(-c3cccc(F)c3)c(=O)n12. The molecule has 4 aromatic heterocycles. The Balaban J connectivity index is 0.000000175. The number of carbonyl (C=O) groups is 2. The number of fused-ring (bicyclic) bond motifs is 3. The van der Waals surface area contributed by atoms with E-state index in [0.717, 1.165) is 10.6 Å². The van der Waals surface area contributed by atoms with Gasteiger partial charge in [-0.1, -0.05) is 48.5 Å². The molecule has 0 bridgehead atoms. The highest BCUT2D eigenvalue weighted by Crippen LogP contribution is 2.28. The lowest BCUT2D eigenvalue weighted by Gasteiger charge is -2.17. The Hall–Kier alpha value is -6.66. The number of amides is 2. The Bertz CT molecular complexity index is 2670. The highest BCUT2D eigenvalue weighted by molar-refractivity contribution is 6.21. The molecule has 0 unspecified atom stereocenters. The topological polar surface area (TPSA) is 126 Å². The molecule has 0 saturated carbocycles. The minimum atomic E-state index is -0.501. The molecule has 0 atom stereocenters. The molecule has 0 saturated heterocycles. The maximum atomic E-state index is 14.0. The number of hydrogen-bond donors (Lipinski definition) is 1. The Morgan fingerprint density at radius 2 is 1.02 bits per heavy atom. The minimum absolute atomic E-state index is 0.155. The van der Waals surface area contributed by atoms with Crippen molar-refractivity contribution >= 4 is 23.1 Å². The van der Waals surface area contributed by atoms with E-state index in [1.54, 1.807) is 86.6 Å². The third kappa shape index (κ3) is 5.94. The third-order valence-electron chi connectivity index (χ3n) is 8.80. The van der Waals surface area contributed by atoms with Gasteiger partial charge in [-0.2, -0.15) is 0 Å². The van der Waals surface area contributed by atoms with Gasteiger partial charge in [-0.05, 0) is 85.6 Å². The first-order valence-corrected chi connectivity index (χ1v) is 16.2. The molecule has 10 nitrogen and oxygen atoms in total. The second-order valence-electron chi connectivity index (χ2n) is 12.1. The average Bonchev–Trinajstić information content (AvgIpc) is 3.36. The summed E-state index contributed by atoms with van der Waals surface area (Å²) in [6, 6.07) is 28.4. The van der Waals surface area contributed by atoms with Crippen molar-refractivity contribution in [1.82, 2.24) is 23.7 Å². The fourth-order valence-electron chi connectivity index (χ4n) is 6.40. The van der Waals surface area contributed by atoms with Crippen LogP contribution in [0.15, 0.2) is 119 Å². The molecule has 8 rings (SSSR count). The fourth-order valence-corrected chi connectivity index (χ4v) is 6.40. The third-order valence-corrected chi connectivity index (χ3v) is 8.80. The number of benzene rings is 3. The number of aliphatic hydroxyl groups is 1. The van der Waals surface area contributed by atoms with Gasteiger partial charge in [0.15, 0.2) is 0 Å². The molecular formula is C40H29F2N5O5. The van der Waals surface area contributed by atoms with Crippen LogP contribution in [0, 0.1) is 25.5 Å². The van der Waals surface area contributed by atoms with Gasteiger partial charge in [0.25, 0.3) is 22.9 Å². The maximum Gasteiger partial charge on any atom is 0.266 e. The highest BCUT2D eigenvalue weighted by atomic mass is 19.1. The number of carbonyl (C=O) groups excluding carboxylic acids is 2. The minimum Gasteiger partial charge on any atom is -0.390 e. The number of halogens is 2. The molecule has 1 aliphatic heterocycles. The molecule has 0 aliphatic carbocycles. The van der Waals surface area contributed by atoms with Crippen molar-refractivity contribution in [3.63, 3.8) is 0 Å². The molecule has 1 aliphatic rings. The van der Waals surface area contributed by atoms with Crippen molar-refractivity contribution in [3.8, 4) is 22.3 Å². The van der Waals surface area contributed by atoms with Crippen molar-refractivity contribution in [2.75, 3.05) is 0 Å². The highest BCUT2D eigenvalue weighted by Gasteiger charge is 2.36. The number of aromatic nitrogens is 4. The van der Waals surface area contributed by atoms with E-state index in [2.05, 4.69) is 9.97 Å². The van der Waals surface area contributed by atoms with Crippen LogP contribution >= 0.6 is 0 Å². The van der Waals surface area contributed by atoms with Crippen LogP contribution in [-0.2, 0) is 13.2 Å². The molecule has 1 N–H and O–H groups in total. The van der Waals surface area contributed by atoms with Crippen LogP contribution in [0.3, 0.4) is 0 Å². The zero-order valence-electron chi connectivity index (χ0n) is 27.9. The van der Waals surface area contributed by atoms with Gasteiger partial charge in [0.2, 0.25) is 0 Å². The number of aryl methyl sites for hydroxylation is 2. The number of nitrogens with zero attached hydrogens (tertiary/aromatic N) is 5. The summed E-state index contributed by atoms with van der Waals surface area (Å²) in [6.07, 6.45) is 0. The van der Waals surface area contributed by atoms with Gasteiger partial charge in [-0.3, -0.25) is 32.9 Å². The van der Waals surface area contributed by atoms with Crippen molar-refractivity contribution in [3.05, 3.63) is 175 Å². The summed E-state index contributed by atoms with van der Waals surface area (Å²) in [5.41, 5.74) is 3.77. The van der Waals surface area contributed by atoms with Crippen LogP contribution in [-0.4, -0.2) is 40.6 Å². The van der Waals surface area contributed by atoms with Gasteiger partial charge in [0.05, 0.1) is 46.8 Å². The van der Waals surface area contributed by atoms with Crippen molar-refractivity contribution in [2.24, 2.45) is 0 Å². The smallest absolute Gasteiger partial charge is 0.266 e. The lowest BCUT2D eigenvalue weighted by atomic mass is 10.0. The number of hydrogen-bond acceptors (Lipinski definition) is 7. The van der Waals surface area contributed by atoms with Crippen LogP contribution < -0.4 is 11.1 Å². The monoisotopic (exact) mass is 697 g/mol. The molecule has 258 valence electrons. The van der Waals surface area contributed by atoms with E-state index < -0.39 is 23.4 Å². The molecule has 12 heteroatoms. The standard InChI is InChI=1S/C24H16FN3O3.C16H13FN2O2/c1-14-6-4-11-20-26-19(13-27-22(29)17-9-2-3-10-18(17)23(27)30)21(24(31)28(14)20)15-7-5-8-16(25)12-15;1-10-4-2-7-14-18-13(9-20)15(16(21)19(10)14)11-5-3-6-12(17)8-11/h2-12H,13H2,1H3;2-8,20H,9H2,1H3. The van der Waals surface area contributed by atoms with Gasteiger partial charge in [0, 0.05) is 11.4 Å². The van der Waals surface area contributed by atoms with Gasteiger partial charge < -0.3 is 5.11 Å². The lowest BCUT2D eigenvalue weighted by Crippen LogP contribution is -2.31. The van der Waals surface area contributed by atoms with Crippen LogP contribution in [0.2, 0.25) is 0 Å². The van der Waals surface area contributed by atoms with Gasteiger partial charge >= 0.3 is 0 Å². The quantitative estimate of drug-likeness (QED) is 0.222. The maximum absolute atomic E-state index is 14.0. The van der Waals surface area contributed by atoms with Crippen LogP contribution in [0.4, 0.5) is 8.78 Å². The number of pyridine rings is 2. The molecule has 3 aromatic carbocycles. The van der Waals surface area contributed by atoms with Gasteiger partial charge in [-0.25, -0.2) is 18.7 Å². The molecule has 0 fully saturated rings. The number of aliphatic hydroxyl groups excluding tert-OH is 1. The summed E-state index contributed by atoms with van der Waals surface area (Å²) in [6.45, 7) is 2.99. The molecule has 52 heavy (non-hydrogen) atoms. The Morgan fingerprint density at radius 3 is 1.48 bits per heavy atom. The zero-order valence-corrected chi connectivity index (χ0v) is 27.9. The van der Waals surface area contributed by atoms with E-state index in [-0.39, 0.29) is 46.8 Å². The second-order valence-corrected chi connectivity index (χ2v) is 12.1. The van der Waals surface area contributed by atoms with Crippen molar-refractivity contribution in [2.45, 2.75) is 27.0 Å². The van der Waals surface area contributed by atoms with Gasteiger partial charge in [0.1, 0.15) is 22.9 Å². The molecule has 7 aromatic rings. The number of imide groups is 1. The first-order valence-electron chi connectivity index (χ1n) is 16.2. The van der Waals surface area contributed by atoms with Crippen molar-refractivity contribution in [1.29, 1.82) is 0 Å². The van der Waals surface area contributed by atoms with E-state index in [1.165, 1.54) is 45.2 Å². The first-order chi connectivity index (χ1) is 25.1. The van der Waals surface area contributed by atoms with Crippen LogP contribution in [0.1, 0.15) is 43.5 Å². The largest absolute Gasteiger partial charge is 0.390 e. The summed E-state index contributed by atoms with van der Waals surface area (Å²) >= 11 is 0.